The van der Waals surface area contributed by atoms with E-state index in [1.165, 1.54) is 32.2 Å². The molecule has 2 saturated heterocycles. The maximum absolute atomic E-state index is 12.7. The number of rotatable bonds is 6. The molecule has 0 aromatic heterocycles. The second-order valence-electron chi connectivity index (χ2n) is 9.21. The van der Waals surface area contributed by atoms with Gasteiger partial charge in [-0.15, -0.1) is 0 Å². The van der Waals surface area contributed by atoms with Crippen molar-refractivity contribution in [2.75, 3.05) is 39.3 Å². The molecule has 2 heterocycles. The van der Waals surface area contributed by atoms with Crippen molar-refractivity contribution in [2.45, 2.75) is 77.8 Å². The predicted molar refractivity (Wildman–Crippen MR) is 115 cm³/mol. The van der Waals surface area contributed by atoms with E-state index in [0.717, 1.165) is 57.9 Å². The molecule has 1 saturated carbocycles. The van der Waals surface area contributed by atoms with Gasteiger partial charge in [0.25, 0.3) is 0 Å². The van der Waals surface area contributed by atoms with Gasteiger partial charge in [-0.2, -0.15) is 0 Å². The first-order valence-electron chi connectivity index (χ1n) is 11.6. The summed E-state index contributed by atoms with van der Waals surface area (Å²) in [6.07, 6.45) is 8.20. The quantitative estimate of drug-likeness (QED) is 0.539. The van der Waals surface area contributed by atoms with Crippen molar-refractivity contribution in [2.24, 2.45) is 16.8 Å². The summed E-state index contributed by atoms with van der Waals surface area (Å²) in [6, 6.07) is 0.946. The molecule has 0 bridgehead atoms. The fraction of sp³-hybridized carbons (Fsp3) is 0.909. The Kier molecular flexibility index (Phi) is 8.00. The Balaban J connectivity index is 1.48. The van der Waals surface area contributed by atoms with Crippen LogP contribution in [0.25, 0.3) is 0 Å². The molecule has 0 spiro atoms. The number of likely N-dealkylation sites (tertiary alicyclic amines) is 2. The van der Waals surface area contributed by atoms with Gasteiger partial charge >= 0.3 is 0 Å². The summed E-state index contributed by atoms with van der Waals surface area (Å²) >= 11 is 0. The summed E-state index contributed by atoms with van der Waals surface area (Å²) in [5, 5.41) is 7.00. The zero-order valence-corrected chi connectivity index (χ0v) is 18.3. The molecule has 160 valence electrons. The van der Waals surface area contributed by atoms with Gasteiger partial charge in [-0.25, -0.2) is 0 Å². The minimum atomic E-state index is 0.288. The number of amides is 1. The summed E-state index contributed by atoms with van der Waals surface area (Å²) in [7, 11) is 0. The fourth-order valence-corrected chi connectivity index (χ4v) is 4.96. The van der Waals surface area contributed by atoms with Gasteiger partial charge in [0.05, 0.1) is 0 Å². The van der Waals surface area contributed by atoms with Gasteiger partial charge in [0.1, 0.15) is 0 Å². The van der Waals surface area contributed by atoms with Gasteiger partial charge in [0.15, 0.2) is 5.96 Å². The molecular weight excluding hydrogens is 350 g/mol. The Morgan fingerprint density at radius 2 is 1.86 bits per heavy atom. The Hall–Kier alpha value is -1.30. The molecule has 0 aromatic carbocycles. The van der Waals surface area contributed by atoms with Crippen LogP contribution in [0.3, 0.4) is 0 Å². The summed E-state index contributed by atoms with van der Waals surface area (Å²) in [5.41, 5.74) is 0. The van der Waals surface area contributed by atoms with Crippen LogP contribution in [-0.4, -0.2) is 73.0 Å². The minimum Gasteiger partial charge on any atom is -0.357 e. The van der Waals surface area contributed by atoms with Gasteiger partial charge in [0, 0.05) is 50.7 Å². The number of guanidine groups is 1. The number of nitrogens with one attached hydrogen (secondary N) is 2. The van der Waals surface area contributed by atoms with Crippen LogP contribution >= 0.6 is 0 Å². The van der Waals surface area contributed by atoms with Crippen molar-refractivity contribution in [1.29, 1.82) is 0 Å². The van der Waals surface area contributed by atoms with Gasteiger partial charge in [-0.1, -0.05) is 12.8 Å². The lowest BCUT2D eigenvalue weighted by atomic mass is 9.97. The van der Waals surface area contributed by atoms with Gasteiger partial charge in [-0.05, 0) is 65.3 Å². The van der Waals surface area contributed by atoms with Crippen molar-refractivity contribution in [3.63, 3.8) is 0 Å². The number of carbonyl (C=O) groups excluding carboxylic acids is 1. The Labute approximate surface area is 171 Å². The smallest absolute Gasteiger partial charge is 0.225 e. The average molecular weight is 392 g/mol. The first-order valence-corrected chi connectivity index (χ1v) is 11.6. The molecule has 6 heteroatoms. The van der Waals surface area contributed by atoms with E-state index in [1.807, 2.05) is 0 Å². The third-order valence-corrected chi connectivity index (χ3v) is 6.68. The van der Waals surface area contributed by atoms with Crippen molar-refractivity contribution >= 4 is 11.9 Å². The SMILES string of the molecule is CCNC(=NCC1CCCN(C(C)C)C1)NC1CCN(C(=O)C2CCCC2)C1. The first kappa shape index (κ1) is 21.4. The number of hydrogen-bond donors (Lipinski definition) is 2. The molecule has 3 rings (SSSR count). The lowest BCUT2D eigenvalue weighted by Gasteiger charge is -2.35. The van der Waals surface area contributed by atoms with E-state index in [9.17, 15) is 4.79 Å². The maximum atomic E-state index is 12.7. The van der Waals surface area contributed by atoms with Crippen LogP contribution in [0.1, 0.15) is 65.7 Å². The summed E-state index contributed by atoms with van der Waals surface area (Å²) in [6.45, 7) is 12.5. The summed E-state index contributed by atoms with van der Waals surface area (Å²) in [4.78, 5) is 22.2. The number of carbonyl (C=O) groups is 1. The van der Waals surface area contributed by atoms with E-state index >= 15 is 0 Å². The standard InChI is InChI=1S/C22H41N5O/c1-4-23-22(24-14-18-8-7-12-26(15-18)17(2)3)25-20-11-13-27(16-20)21(28)19-9-5-6-10-19/h17-20H,4-16H2,1-3H3,(H2,23,24,25). The molecule has 2 atom stereocenters. The molecule has 28 heavy (non-hydrogen) atoms. The van der Waals surface area contributed by atoms with Crippen molar-refractivity contribution < 1.29 is 4.79 Å². The molecule has 3 fully saturated rings. The van der Waals surface area contributed by atoms with E-state index < -0.39 is 0 Å². The van der Waals surface area contributed by atoms with E-state index in [4.69, 9.17) is 4.99 Å². The monoisotopic (exact) mass is 391 g/mol. The lowest BCUT2D eigenvalue weighted by molar-refractivity contribution is -0.134. The highest BCUT2D eigenvalue weighted by atomic mass is 16.2. The molecule has 2 aliphatic heterocycles. The second-order valence-corrected chi connectivity index (χ2v) is 9.21. The molecular formula is C22H41N5O. The molecule has 1 amide bonds. The van der Waals surface area contributed by atoms with Crippen molar-refractivity contribution in [3.8, 4) is 0 Å². The molecule has 2 N–H and O–H groups in total. The van der Waals surface area contributed by atoms with Gasteiger partial charge in [0.2, 0.25) is 5.91 Å². The molecule has 3 aliphatic rings. The average Bonchev–Trinajstić information content (AvgIpc) is 3.38. The molecule has 2 unspecified atom stereocenters. The van der Waals surface area contributed by atoms with E-state index in [1.54, 1.807) is 0 Å². The largest absolute Gasteiger partial charge is 0.357 e. The first-order chi connectivity index (χ1) is 13.6. The summed E-state index contributed by atoms with van der Waals surface area (Å²) in [5.74, 6) is 2.25. The molecule has 0 radical (unpaired) electrons. The van der Waals surface area contributed by atoms with Crippen molar-refractivity contribution in [3.05, 3.63) is 0 Å². The molecule has 1 aliphatic carbocycles. The highest BCUT2D eigenvalue weighted by Crippen LogP contribution is 2.27. The fourth-order valence-electron chi connectivity index (χ4n) is 4.96. The Morgan fingerprint density at radius 3 is 2.57 bits per heavy atom. The number of piperidine rings is 1. The molecule has 0 aromatic rings. The van der Waals surface area contributed by atoms with Crippen LogP contribution in [0.15, 0.2) is 4.99 Å². The number of nitrogens with zero attached hydrogens (tertiary/aromatic N) is 3. The van der Waals surface area contributed by atoms with Crippen LogP contribution in [0.5, 0.6) is 0 Å². The van der Waals surface area contributed by atoms with Crippen LogP contribution < -0.4 is 10.6 Å². The normalized spacial score (nSPS) is 27.6. The van der Waals surface area contributed by atoms with Crippen LogP contribution in [0.2, 0.25) is 0 Å². The lowest BCUT2D eigenvalue weighted by Crippen LogP contribution is -2.46. The third-order valence-electron chi connectivity index (χ3n) is 6.68. The van der Waals surface area contributed by atoms with Crippen LogP contribution in [0.4, 0.5) is 0 Å². The Bertz CT molecular complexity index is 529. The third kappa shape index (κ3) is 5.85. The van der Waals surface area contributed by atoms with Gasteiger partial charge in [-0.3, -0.25) is 9.79 Å². The van der Waals surface area contributed by atoms with Gasteiger partial charge < -0.3 is 20.4 Å². The number of hydrogen-bond acceptors (Lipinski definition) is 3. The zero-order valence-electron chi connectivity index (χ0n) is 18.3. The number of aliphatic imine (C=N–C) groups is 1. The minimum absolute atomic E-state index is 0.288. The molecule has 6 nitrogen and oxygen atoms in total. The maximum Gasteiger partial charge on any atom is 0.225 e. The topological polar surface area (TPSA) is 60.0 Å². The van der Waals surface area contributed by atoms with E-state index in [-0.39, 0.29) is 5.92 Å². The Morgan fingerprint density at radius 1 is 1.07 bits per heavy atom. The highest BCUT2D eigenvalue weighted by molar-refractivity contribution is 5.81. The predicted octanol–water partition coefficient (Wildman–Crippen LogP) is 2.45. The zero-order chi connectivity index (χ0) is 19.9. The van der Waals surface area contributed by atoms with Crippen LogP contribution in [0, 0.1) is 11.8 Å². The van der Waals surface area contributed by atoms with Crippen LogP contribution in [-0.2, 0) is 4.79 Å². The second kappa shape index (κ2) is 10.5. The highest BCUT2D eigenvalue weighted by Gasteiger charge is 2.32. The van der Waals surface area contributed by atoms with E-state index in [2.05, 4.69) is 41.2 Å². The van der Waals surface area contributed by atoms with E-state index in [0.29, 0.717) is 23.9 Å². The summed E-state index contributed by atoms with van der Waals surface area (Å²) < 4.78 is 0. The van der Waals surface area contributed by atoms with Crippen molar-refractivity contribution in [1.82, 2.24) is 20.4 Å².